The lowest BCUT2D eigenvalue weighted by molar-refractivity contribution is -0.119. The number of rotatable bonds is 5. The Balaban J connectivity index is 1.47. The fraction of sp³-hybridized carbons (Fsp3) is 0.136. The van der Waals surface area contributed by atoms with Crippen LogP contribution in [-0.4, -0.2) is 44.0 Å². The molecule has 0 aliphatic carbocycles. The second kappa shape index (κ2) is 7.40. The Morgan fingerprint density at radius 3 is 2.10 bits per heavy atom. The molecule has 0 saturated heterocycles. The van der Waals surface area contributed by atoms with Gasteiger partial charge in [0.15, 0.2) is 5.82 Å². The topological polar surface area (TPSA) is 101 Å². The van der Waals surface area contributed by atoms with Gasteiger partial charge in [-0.3, -0.25) is 24.1 Å². The molecule has 8 heteroatoms. The summed E-state index contributed by atoms with van der Waals surface area (Å²) in [4.78, 5) is 55.2. The zero-order valence-electron chi connectivity index (χ0n) is 16.3. The molecule has 0 radical (unpaired) electrons. The number of nitrogens with zero attached hydrogens (tertiary/aromatic N) is 3. The molecule has 0 bridgehead atoms. The van der Waals surface area contributed by atoms with Crippen LogP contribution in [0.5, 0.6) is 0 Å². The highest BCUT2D eigenvalue weighted by atomic mass is 16.2. The van der Waals surface area contributed by atoms with Crippen molar-refractivity contribution in [2.24, 2.45) is 7.05 Å². The maximum Gasteiger partial charge on any atom is 0.262 e. The molecule has 1 atom stereocenters. The molecule has 3 aromatic rings. The lowest BCUT2D eigenvalue weighted by atomic mass is 10.1. The van der Waals surface area contributed by atoms with Crippen LogP contribution in [0.25, 0.3) is 0 Å². The predicted octanol–water partition coefficient (Wildman–Crippen LogP) is 2.27. The van der Waals surface area contributed by atoms with Crippen LogP contribution in [0.4, 0.5) is 5.69 Å². The van der Waals surface area contributed by atoms with Gasteiger partial charge >= 0.3 is 0 Å². The van der Waals surface area contributed by atoms with Gasteiger partial charge in [-0.05, 0) is 43.3 Å². The number of aromatic nitrogens is 2. The third-order valence-corrected chi connectivity index (χ3v) is 5.03. The van der Waals surface area contributed by atoms with Gasteiger partial charge < -0.3 is 9.88 Å². The van der Waals surface area contributed by atoms with E-state index in [0.29, 0.717) is 28.2 Å². The average molecular weight is 402 g/mol. The van der Waals surface area contributed by atoms with Crippen molar-refractivity contribution in [1.29, 1.82) is 0 Å². The van der Waals surface area contributed by atoms with Gasteiger partial charge in [0.25, 0.3) is 11.8 Å². The highest BCUT2D eigenvalue weighted by Gasteiger charge is 2.40. The zero-order chi connectivity index (χ0) is 21.4. The van der Waals surface area contributed by atoms with Crippen LogP contribution in [0.2, 0.25) is 0 Å². The molecule has 3 amide bonds. The van der Waals surface area contributed by atoms with Crippen LogP contribution in [-0.2, 0) is 11.8 Å². The van der Waals surface area contributed by atoms with Gasteiger partial charge in [0.2, 0.25) is 11.7 Å². The predicted molar refractivity (Wildman–Crippen MR) is 108 cm³/mol. The van der Waals surface area contributed by atoms with E-state index in [9.17, 15) is 19.2 Å². The number of nitrogens with one attached hydrogen (secondary N) is 1. The summed E-state index contributed by atoms with van der Waals surface area (Å²) < 4.78 is 1.63. The molecule has 1 aliphatic heterocycles. The largest absolute Gasteiger partial charge is 0.331 e. The zero-order valence-corrected chi connectivity index (χ0v) is 16.3. The molecule has 1 aromatic heterocycles. The molecule has 8 nitrogen and oxygen atoms in total. The van der Waals surface area contributed by atoms with Gasteiger partial charge in [-0.25, -0.2) is 4.98 Å². The molecule has 4 rings (SSSR count). The quantitative estimate of drug-likeness (QED) is 0.521. The van der Waals surface area contributed by atoms with Crippen molar-refractivity contribution in [3.8, 4) is 0 Å². The Kier molecular flexibility index (Phi) is 4.75. The fourth-order valence-electron chi connectivity index (χ4n) is 3.34. The first kappa shape index (κ1) is 19.3. The molecule has 150 valence electrons. The van der Waals surface area contributed by atoms with E-state index in [1.54, 1.807) is 72.5 Å². The van der Waals surface area contributed by atoms with E-state index in [1.807, 2.05) is 0 Å². The molecule has 1 unspecified atom stereocenters. The minimum absolute atomic E-state index is 0.236. The van der Waals surface area contributed by atoms with E-state index in [4.69, 9.17) is 0 Å². The van der Waals surface area contributed by atoms with E-state index in [0.717, 1.165) is 4.90 Å². The molecule has 1 aliphatic rings. The number of hydrogen-bond donors (Lipinski definition) is 1. The summed E-state index contributed by atoms with van der Waals surface area (Å²) in [7, 11) is 1.73. The number of benzene rings is 2. The summed E-state index contributed by atoms with van der Waals surface area (Å²) >= 11 is 0. The van der Waals surface area contributed by atoms with Crippen molar-refractivity contribution >= 4 is 29.2 Å². The number of fused-ring (bicyclic) bond motifs is 1. The van der Waals surface area contributed by atoms with E-state index >= 15 is 0 Å². The number of anilines is 1. The molecular formula is C22H18N4O4. The average Bonchev–Trinajstić information content (AvgIpc) is 3.29. The number of carbonyl (C=O) groups is 4. The summed E-state index contributed by atoms with van der Waals surface area (Å²) in [5.74, 6) is -1.41. The highest BCUT2D eigenvalue weighted by molar-refractivity contribution is 6.23. The van der Waals surface area contributed by atoms with Crippen molar-refractivity contribution in [1.82, 2.24) is 14.5 Å². The molecular weight excluding hydrogens is 384 g/mol. The lowest BCUT2D eigenvalue weighted by Crippen LogP contribution is -2.45. The number of imidazole rings is 1. The van der Waals surface area contributed by atoms with Gasteiger partial charge in [-0.15, -0.1) is 0 Å². The summed E-state index contributed by atoms with van der Waals surface area (Å²) in [5.41, 5.74) is 1.45. The second-order valence-corrected chi connectivity index (χ2v) is 6.96. The summed E-state index contributed by atoms with van der Waals surface area (Å²) in [6.07, 6.45) is 3.23. The Morgan fingerprint density at radius 2 is 1.57 bits per heavy atom. The number of aryl methyl sites for hydroxylation is 1. The Morgan fingerprint density at radius 1 is 0.967 bits per heavy atom. The maximum absolute atomic E-state index is 12.7. The van der Waals surface area contributed by atoms with Crippen molar-refractivity contribution in [3.05, 3.63) is 83.4 Å². The number of hydrogen-bond acceptors (Lipinski definition) is 5. The summed E-state index contributed by atoms with van der Waals surface area (Å²) in [5, 5.41) is 2.68. The van der Waals surface area contributed by atoms with Gasteiger partial charge in [-0.2, -0.15) is 0 Å². The standard InChI is InChI=1S/C22H18N4O4/c1-13(26-21(29)16-5-3-4-6-17(16)22(26)30)20(28)24-15-9-7-14(8-10-15)18(27)19-23-11-12-25(19)2/h3-13H,1-2H3,(H,24,28). The Hall–Kier alpha value is -4.07. The van der Waals surface area contributed by atoms with Gasteiger partial charge in [0.1, 0.15) is 6.04 Å². The third kappa shape index (κ3) is 3.18. The van der Waals surface area contributed by atoms with Crippen molar-refractivity contribution in [2.45, 2.75) is 13.0 Å². The van der Waals surface area contributed by atoms with E-state index < -0.39 is 23.8 Å². The van der Waals surface area contributed by atoms with Gasteiger partial charge in [-0.1, -0.05) is 12.1 Å². The maximum atomic E-state index is 12.7. The van der Waals surface area contributed by atoms with Crippen LogP contribution in [0, 0.1) is 0 Å². The SMILES string of the molecule is CC(C(=O)Nc1ccc(C(=O)c2nccn2C)cc1)N1C(=O)c2ccccc2C1=O. The van der Waals surface area contributed by atoms with Gasteiger partial charge in [0.05, 0.1) is 11.1 Å². The normalized spacial score (nSPS) is 13.9. The van der Waals surface area contributed by atoms with E-state index in [-0.39, 0.29) is 5.78 Å². The highest BCUT2D eigenvalue weighted by Crippen LogP contribution is 2.25. The second-order valence-electron chi connectivity index (χ2n) is 6.96. The fourth-order valence-corrected chi connectivity index (χ4v) is 3.34. The van der Waals surface area contributed by atoms with Crippen molar-refractivity contribution < 1.29 is 19.2 Å². The van der Waals surface area contributed by atoms with E-state index in [2.05, 4.69) is 10.3 Å². The van der Waals surface area contributed by atoms with Crippen LogP contribution in [0.3, 0.4) is 0 Å². The Bertz CT molecular complexity index is 1140. The first-order valence-electron chi connectivity index (χ1n) is 9.28. The molecule has 2 aromatic carbocycles. The minimum Gasteiger partial charge on any atom is -0.331 e. The third-order valence-electron chi connectivity index (χ3n) is 5.03. The Labute approximate surface area is 172 Å². The first-order chi connectivity index (χ1) is 14.4. The lowest BCUT2D eigenvalue weighted by Gasteiger charge is -2.21. The van der Waals surface area contributed by atoms with Crippen molar-refractivity contribution in [3.63, 3.8) is 0 Å². The number of amides is 3. The number of carbonyl (C=O) groups excluding carboxylic acids is 4. The first-order valence-corrected chi connectivity index (χ1v) is 9.28. The molecule has 0 saturated carbocycles. The van der Waals surface area contributed by atoms with Gasteiger partial charge in [0, 0.05) is 30.7 Å². The number of imide groups is 1. The molecule has 2 heterocycles. The molecule has 0 spiro atoms. The molecule has 1 N–H and O–H groups in total. The van der Waals surface area contributed by atoms with Crippen LogP contribution in [0.15, 0.2) is 60.9 Å². The van der Waals surface area contributed by atoms with Crippen LogP contribution < -0.4 is 5.32 Å². The smallest absolute Gasteiger partial charge is 0.262 e. The van der Waals surface area contributed by atoms with E-state index in [1.165, 1.54) is 6.92 Å². The molecule has 30 heavy (non-hydrogen) atoms. The number of ketones is 1. The summed E-state index contributed by atoms with van der Waals surface area (Å²) in [6.45, 7) is 1.50. The summed E-state index contributed by atoms with van der Waals surface area (Å²) in [6, 6.07) is 11.8. The monoisotopic (exact) mass is 402 g/mol. The van der Waals surface area contributed by atoms with Crippen LogP contribution in [0.1, 0.15) is 43.8 Å². The molecule has 0 fully saturated rings. The van der Waals surface area contributed by atoms with Crippen LogP contribution >= 0.6 is 0 Å². The van der Waals surface area contributed by atoms with Crippen molar-refractivity contribution in [2.75, 3.05) is 5.32 Å². The minimum atomic E-state index is -0.994.